The number of anilines is 1. The molecule has 3 heterocycles. The summed E-state index contributed by atoms with van der Waals surface area (Å²) in [7, 11) is 0. The van der Waals surface area contributed by atoms with Gasteiger partial charge in [-0.05, 0) is 55.7 Å². The topological polar surface area (TPSA) is 63.9 Å². The van der Waals surface area contributed by atoms with Gasteiger partial charge in [0.05, 0.1) is 6.54 Å². The van der Waals surface area contributed by atoms with Crippen molar-refractivity contribution in [3.8, 4) is 22.6 Å². The van der Waals surface area contributed by atoms with Gasteiger partial charge in [0.1, 0.15) is 17.8 Å². The molecular formula is C25H23N5O. The summed E-state index contributed by atoms with van der Waals surface area (Å²) in [5, 5.41) is 8.26. The highest BCUT2D eigenvalue weighted by atomic mass is 16.2. The summed E-state index contributed by atoms with van der Waals surface area (Å²) in [6, 6.07) is 20.3. The molecule has 0 spiro atoms. The molecule has 0 N–H and O–H groups in total. The van der Waals surface area contributed by atoms with Gasteiger partial charge < -0.3 is 4.57 Å². The SMILES string of the molecule is Cc1ccc(-c2ccc3c(c2)C(=O)N(c2cccc(-c4nncn4C(C)C)n2)C3)cc1. The van der Waals surface area contributed by atoms with Gasteiger partial charge in [-0.2, -0.15) is 0 Å². The minimum absolute atomic E-state index is 0.0288. The van der Waals surface area contributed by atoms with Crippen LogP contribution in [0.5, 0.6) is 0 Å². The molecular weight excluding hydrogens is 386 g/mol. The predicted molar refractivity (Wildman–Crippen MR) is 121 cm³/mol. The van der Waals surface area contributed by atoms with E-state index in [9.17, 15) is 4.79 Å². The molecule has 154 valence electrons. The Labute approximate surface area is 181 Å². The minimum atomic E-state index is -0.0288. The maximum atomic E-state index is 13.3. The van der Waals surface area contributed by atoms with Crippen LogP contribution in [0.2, 0.25) is 0 Å². The lowest BCUT2D eigenvalue weighted by Crippen LogP contribution is -2.24. The monoisotopic (exact) mass is 409 g/mol. The molecule has 1 amide bonds. The Hall–Kier alpha value is -3.80. The number of pyridine rings is 1. The first-order valence-electron chi connectivity index (χ1n) is 10.4. The number of nitrogens with zero attached hydrogens (tertiary/aromatic N) is 5. The average Bonchev–Trinajstić information content (AvgIpc) is 3.40. The van der Waals surface area contributed by atoms with E-state index in [0.29, 0.717) is 23.9 Å². The number of aryl methyl sites for hydroxylation is 1. The first kappa shape index (κ1) is 19.2. The summed E-state index contributed by atoms with van der Waals surface area (Å²) >= 11 is 0. The van der Waals surface area contributed by atoms with Crippen LogP contribution in [-0.4, -0.2) is 25.7 Å². The molecule has 6 nitrogen and oxygen atoms in total. The van der Waals surface area contributed by atoms with Crippen molar-refractivity contribution < 1.29 is 4.79 Å². The van der Waals surface area contributed by atoms with Crippen LogP contribution in [-0.2, 0) is 6.54 Å². The zero-order valence-electron chi connectivity index (χ0n) is 17.8. The van der Waals surface area contributed by atoms with Crippen LogP contribution < -0.4 is 4.90 Å². The Morgan fingerprint density at radius 1 is 0.968 bits per heavy atom. The van der Waals surface area contributed by atoms with Crippen LogP contribution in [0.15, 0.2) is 67.0 Å². The number of fused-ring (bicyclic) bond motifs is 1. The fourth-order valence-electron chi connectivity index (χ4n) is 3.91. The third kappa shape index (κ3) is 3.40. The first-order chi connectivity index (χ1) is 15.0. The maximum Gasteiger partial charge on any atom is 0.260 e. The highest BCUT2D eigenvalue weighted by Gasteiger charge is 2.30. The molecule has 2 aromatic carbocycles. The van der Waals surface area contributed by atoms with E-state index in [0.717, 1.165) is 22.3 Å². The zero-order chi connectivity index (χ0) is 21.5. The molecule has 6 heteroatoms. The van der Waals surface area contributed by atoms with Gasteiger partial charge in [-0.15, -0.1) is 10.2 Å². The van der Waals surface area contributed by atoms with Crippen LogP contribution in [0.25, 0.3) is 22.6 Å². The Morgan fingerprint density at radius 3 is 2.52 bits per heavy atom. The van der Waals surface area contributed by atoms with E-state index in [-0.39, 0.29) is 11.9 Å². The van der Waals surface area contributed by atoms with E-state index in [4.69, 9.17) is 4.98 Å². The standard InChI is InChI=1S/C25H23N5O/c1-16(2)30-15-26-28-24(30)22-5-4-6-23(27-22)29-14-20-12-11-19(13-21(20)25(29)31)18-9-7-17(3)8-10-18/h4-13,15-16H,14H2,1-3H3. The van der Waals surface area contributed by atoms with E-state index in [1.807, 2.05) is 34.9 Å². The van der Waals surface area contributed by atoms with Crippen LogP contribution >= 0.6 is 0 Å². The zero-order valence-corrected chi connectivity index (χ0v) is 17.8. The van der Waals surface area contributed by atoms with E-state index in [1.54, 1.807) is 11.2 Å². The Bertz CT molecular complexity index is 1270. The fourth-order valence-corrected chi connectivity index (χ4v) is 3.91. The second kappa shape index (κ2) is 7.47. The average molecular weight is 409 g/mol. The van der Waals surface area contributed by atoms with Gasteiger partial charge in [-0.3, -0.25) is 9.69 Å². The first-order valence-corrected chi connectivity index (χ1v) is 10.4. The maximum absolute atomic E-state index is 13.3. The van der Waals surface area contributed by atoms with Crippen LogP contribution in [0, 0.1) is 6.92 Å². The van der Waals surface area contributed by atoms with Gasteiger partial charge in [0.25, 0.3) is 5.91 Å². The van der Waals surface area contributed by atoms with Crippen LogP contribution in [0.1, 0.15) is 41.4 Å². The lowest BCUT2D eigenvalue weighted by atomic mass is 10.00. The highest BCUT2D eigenvalue weighted by Crippen LogP contribution is 2.32. The summed E-state index contributed by atoms with van der Waals surface area (Å²) in [6.07, 6.45) is 1.71. The molecule has 1 aliphatic rings. The van der Waals surface area contributed by atoms with Gasteiger partial charge in [0.15, 0.2) is 5.82 Å². The summed E-state index contributed by atoms with van der Waals surface area (Å²) in [4.78, 5) is 19.7. The largest absolute Gasteiger partial charge is 0.310 e. The molecule has 0 fully saturated rings. The van der Waals surface area contributed by atoms with E-state index in [2.05, 4.69) is 61.3 Å². The molecule has 0 atom stereocenters. The third-order valence-corrected chi connectivity index (χ3v) is 5.67. The Morgan fingerprint density at radius 2 is 1.74 bits per heavy atom. The smallest absolute Gasteiger partial charge is 0.260 e. The number of benzene rings is 2. The predicted octanol–water partition coefficient (Wildman–Crippen LogP) is 5.06. The van der Waals surface area contributed by atoms with Gasteiger partial charge >= 0.3 is 0 Å². The van der Waals surface area contributed by atoms with E-state index < -0.39 is 0 Å². The molecule has 2 aromatic heterocycles. The fraction of sp³-hybridized carbons (Fsp3) is 0.200. The van der Waals surface area contributed by atoms with Crippen molar-refractivity contribution in [3.05, 3.63) is 83.7 Å². The summed E-state index contributed by atoms with van der Waals surface area (Å²) in [6.45, 7) is 6.72. The quantitative estimate of drug-likeness (QED) is 0.473. The van der Waals surface area contributed by atoms with Crippen molar-refractivity contribution >= 4 is 11.7 Å². The Kier molecular flexibility index (Phi) is 4.62. The molecule has 0 saturated heterocycles. The molecule has 5 rings (SSSR count). The second-order valence-electron chi connectivity index (χ2n) is 8.17. The number of hydrogen-bond donors (Lipinski definition) is 0. The van der Waals surface area contributed by atoms with Crippen LogP contribution in [0.3, 0.4) is 0 Å². The van der Waals surface area contributed by atoms with Crippen molar-refractivity contribution in [2.24, 2.45) is 0 Å². The van der Waals surface area contributed by atoms with Crippen molar-refractivity contribution in [1.29, 1.82) is 0 Å². The molecule has 0 bridgehead atoms. The summed E-state index contributed by atoms with van der Waals surface area (Å²) in [5.41, 5.74) is 5.81. The lowest BCUT2D eigenvalue weighted by Gasteiger charge is -2.16. The van der Waals surface area contributed by atoms with E-state index >= 15 is 0 Å². The summed E-state index contributed by atoms with van der Waals surface area (Å²) < 4.78 is 1.97. The van der Waals surface area contributed by atoms with Crippen molar-refractivity contribution in [3.63, 3.8) is 0 Å². The van der Waals surface area contributed by atoms with Crippen LogP contribution in [0.4, 0.5) is 5.82 Å². The number of carbonyl (C=O) groups is 1. The lowest BCUT2D eigenvalue weighted by molar-refractivity contribution is 0.0996. The number of hydrogen-bond acceptors (Lipinski definition) is 4. The highest BCUT2D eigenvalue weighted by molar-refractivity contribution is 6.10. The Balaban J connectivity index is 1.47. The molecule has 0 saturated carbocycles. The van der Waals surface area contributed by atoms with E-state index in [1.165, 1.54) is 5.56 Å². The van der Waals surface area contributed by atoms with Crippen molar-refractivity contribution in [1.82, 2.24) is 19.7 Å². The molecule has 31 heavy (non-hydrogen) atoms. The van der Waals surface area contributed by atoms with Gasteiger partial charge in [0, 0.05) is 11.6 Å². The van der Waals surface area contributed by atoms with Crippen molar-refractivity contribution in [2.45, 2.75) is 33.4 Å². The minimum Gasteiger partial charge on any atom is -0.310 e. The van der Waals surface area contributed by atoms with Crippen molar-refractivity contribution in [2.75, 3.05) is 4.90 Å². The van der Waals surface area contributed by atoms with Gasteiger partial charge in [-0.1, -0.05) is 48.0 Å². The molecule has 0 unspecified atom stereocenters. The molecule has 1 aliphatic heterocycles. The molecule has 4 aromatic rings. The normalized spacial score (nSPS) is 13.2. The van der Waals surface area contributed by atoms with Gasteiger partial charge in [-0.25, -0.2) is 4.98 Å². The van der Waals surface area contributed by atoms with Gasteiger partial charge in [0.2, 0.25) is 0 Å². The number of carbonyl (C=O) groups excluding carboxylic acids is 1. The second-order valence-corrected chi connectivity index (χ2v) is 8.17. The third-order valence-electron chi connectivity index (χ3n) is 5.67. The number of rotatable bonds is 4. The number of aromatic nitrogens is 4. The molecule has 0 radical (unpaired) electrons. The summed E-state index contributed by atoms with van der Waals surface area (Å²) in [5.74, 6) is 1.29. The molecule has 0 aliphatic carbocycles. The number of amides is 1.